The number of methoxy groups -OCH3 is 1. The minimum absolute atomic E-state index is 0.0338. The molecule has 0 atom stereocenters. The zero-order chi connectivity index (χ0) is 24.6. The van der Waals surface area contributed by atoms with E-state index in [0.29, 0.717) is 32.0 Å². The van der Waals surface area contributed by atoms with Crippen molar-refractivity contribution in [3.8, 4) is 5.75 Å². The molecule has 1 heterocycles. The first-order chi connectivity index (χ1) is 16.1. The van der Waals surface area contributed by atoms with Crippen molar-refractivity contribution < 1.29 is 17.9 Å². The molecule has 4 rings (SSSR count). The van der Waals surface area contributed by atoms with E-state index in [-0.39, 0.29) is 15.8 Å². The monoisotopic (exact) mass is 554 g/mol. The van der Waals surface area contributed by atoms with Crippen molar-refractivity contribution in [2.45, 2.75) is 4.90 Å². The Labute approximate surface area is 215 Å². The summed E-state index contributed by atoms with van der Waals surface area (Å²) in [7, 11) is -0.964. The lowest BCUT2D eigenvalue weighted by molar-refractivity contribution is 0.103. The molecule has 1 amide bonds. The quantitative estimate of drug-likeness (QED) is 0.279. The standard InChI is InChI=1S/C23H17Cl3N2O4S2/c1-28(34(30,31)18-4-5-20(32-2)19(26)12-18)17-3-6-21-13(7-17)8-22(33-21)23(29)27-16-10-14(24)9-15(25)11-16/h3-12H,1-2H3,(H,27,29). The van der Waals surface area contributed by atoms with E-state index in [0.717, 1.165) is 14.4 Å². The summed E-state index contributed by atoms with van der Waals surface area (Å²) in [6.45, 7) is 0. The Morgan fingerprint density at radius 2 is 1.68 bits per heavy atom. The van der Waals surface area contributed by atoms with Crippen molar-refractivity contribution in [3.63, 3.8) is 0 Å². The Kier molecular flexibility index (Phi) is 6.98. The summed E-state index contributed by atoms with van der Waals surface area (Å²) < 4.78 is 33.4. The second-order valence-electron chi connectivity index (χ2n) is 7.21. The van der Waals surface area contributed by atoms with Crippen LogP contribution in [0.5, 0.6) is 5.75 Å². The van der Waals surface area contributed by atoms with E-state index in [1.54, 1.807) is 42.5 Å². The first-order valence-electron chi connectivity index (χ1n) is 9.72. The molecular weight excluding hydrogens is 539 g/mol. The number of rotatable bonds is 6. The lowest BCUT2D eigenvalue weighted by Gasteiger charge is -2.20. The molecule has 0 unspecified atom stereocenters. The molecule has 0 aliphatic rings. The fourth-order valence-corrected chi connectivity index (χ4v) is 6.26. The van der Waals surface area contributed by atoms with Gasteiger partial charge in [0.1, 0.15) is 5.75 Å². The van der Waals surface area contributed by atoms with Gasteiger partial charge in [0.05, 0.1) is 27.6 Å². The molecule has 0 aliphatic heterocycles. The maximum Gasteiger partial charge on any atom is 0.265 e. The van der Waals surface area contributed by atoms with Crippen LogP contribution in [0.3, 0.4) is 0 Å². The molecule has 0 fully saturated rings. The maximum absolute atomic E-state index is 13.1. The normalized spacial score (nSPS) is 11.4. The molecule has 0 radical (unpaired) electrons. The highest BCUT2D eigenvalue weighted by molar-refractivity contribution is 7.92. The van der Waals surface area contributed by atoms with E-state index in [2.05, 4.69) is 5.32 Å². The largest absolute Gasteiger partial charge is 0.495 e. The van der Waals surface area contributed by atoms with Gasteiger partial charge in [0, 0.05) is 27.5 Å². The molecule has 176 valence electrons. The minimum atomic E-state index is -3.87. The molecule has 0 saturated carbocycles. The first kappa shape index (κ1) is 24.6. The van der Waals surface area contributed by atoms with Crippen LogP contribution >= 0.6 is 46.1 Å². The number of ether oxygens (including phenoxy) is 1. The molecule has 6 nitrogen and oxygen atoms in total. The molecule has 0 aliphatic carbocycles. The van der Waals surface area contributed by atoms with E-state index in [9.17, 15) is 13.2 Å². The lowest BCUT2D eigenvalue weighted by Crippen LogP contribution is -2.26. The van der Waals surface area contributed by atoms with Crippen LogP contribution in [-0.2, 0) is 10.0 Å². The van der Waals surface area contributed by atoms with Crippen LogP contribution in [-0.4, -0.2) is 28.5 Å². The third kappa shape index (κ3) is 4.96. The number of amides is 1. The Hall–Kier alpha value is -2.49. The number of hydrogen-bond acceptors (Lipinski definition) is 5. The SMILES string of the molecule is COc1ccc(S(=O)(=O)N(C)c2ccc3sc(C(=O)Nc4cc(Cl)cc(Cl)c4)cc3c2)cc1Cl. The van der Waals surface area contributed by atoms with Crippen LogP contribution < -0.4 is 14.4 Å². The van der Waals surface area contributed by atoms with Gasteiger partial charge in [-0.15, -0.1) is 11.3 Å². The number of nitrogens with one attached hydrogen (secondary N) is 1. The van der Waals surface area contributed by atoms with Crippen LogP contribution in [0.4, 0.5) is 11.4 Å². The molecular formula is C23H17Cl3N2O4S2. The van der Waals surface area contributed by atoms with E-state index in [1.165, 1.54) is 43.7 Å². The smallest absolute Gasteiger partial charge is 0.265 e. The number of carbonyl (C=O) groups is 1. The zero-order valence-electron chi connectivity index (χ0n) is 17.8. The number of halogens is 3. The van der Waals surface area contributed by atoms with Gasteiger partial charge in [-0.25, -0.2) is 8.42 Å². The highest BCUT2D eigenvalue weighted by atomic mass is 35.5. The third-order valence-electron chi connectivity index (χ3n) is 4.99. The van der Waals surface area contributed by atoms with Crippen molar-refractivity contribution in [3.05, 3.63) is 80.6 Å². The minimum Gasteiger partial charge on any atom is -0.495 e. The molecule has 3 aromatic carbocycles. The van der Waals surface area contributed by atoms with E-state index >= 15 is 0 Å². The summed E-state index contributed by atoms with van der Waals surface area (Å²) in [6, 6.07) is 15.9. The van der Waals surface area contributed by atoms with Gasteiger partial charge in [-0.05, 0) is 66.0 Å². The van der Waals surface area contributed by atoms with Crippen molar-refractivity contribution in [2.75, 3.05) is 23.8 Å². The van der Waals surface area contributed by atoms with Gasteiger partial charge in [0.25, 0.3) is 15.9 Å². The van der Waals surface area contributed by atoms with Crippen LogP contribution in [0.2, 0.25) is 15.1 Å². The average Bonchev–Trinajstić information content (AvgIpc) is 3.21. The number of hydrogen-bond donors (Lipinski definition) is 1. The summed E-state index contributed by atoms with van der Waals surface area (Å²) in [5.74, 6) is 0.0590. The van der Waals surface area contributed by atoms with Gasteiger partial charge in [0.2, 0.25) is 0 Å². The number of thiophene rings is 1. The summed E-state index contributed by atoms with van der Waals surface area (Å²) in [6.07, 6.45) is 0. The summed E-state index contributed by atoms with van der Waals surface area (Å²) in [5.41, 5.74) is 0.912. The van der Waals surface area contributed by atoms with E-state index in [1.807, 2.05) is 0 Å². The fourth-order valence-electron chi connectivity index (χ4n) is 3.26. The van der Waals surface area contributed by atoms with Gasteiger partial charge < -0.3 is 10.1 Å². The van der Waals surface area contributed by atoms with Gasteiger partial charge in [0.15, 0.2) is 0 Å². The summed E-state index contributed by atoms with van der Waals surface area (Å²) in [4.78, 5) is 13.2. The van der Waals surface area contributed by atoms with Crippen molar-refractivity contribution in [2.24, 2.45) is 0 Å². The number of carbonyl (C=O) groups excluding carboxylic acids is 1. The van der Waals surface area contributed by atoms with Crippen molar-refractivity contribution in [1.82, 2.24) is 0 Å². The zero-order valence-corrected chi connectivity index (χ0v) is 21.7. The number of benzene rings is 3. The average molecular weight is 556 g/mol. The Bertz CT molecular complexity index is 1500. The topological polar surface area (TPSA) is 75.7 Å². The van der Waals surface area contributed by atoms with Gasteiger partial charge >= 0.3 is 0 Å². The Balaban J connectivity index is 1.61. The molecule has 34 heavy (non-hydrogen) atoms. The first-order valence-corrected chi connectivity index (χ1v) is 13.1. The molecule has 1 N–H and O–H groups in total. The Morgan fingerprint density at radius 1 is 0.971 bits per heavy atom. The van der Waals surface area contributed by atoms with Crippen LogP contribution in [0.25, 0.3) is 10.1 Å². The summed E-state index contributed by atoms with van der Waals surface area (Å²) in [5, 5.41) is 4.51. The van der Waals surface area contributed by atoms with Gasteiger partial charge in [-0.2, -0.15) is 0 Å². The van der Waals surface area contributed by atoms with E-state index < -0.39 is 10.0 Å². The highest BCUT2D eigenvalue weighted by Crippen LogP contribution is 2.33. The summed E-state index contributed by atoms with van der Waals surface area (Å²) >= 11 is 19.4. The molecule has 4 aromatic rings. The second-order valence-corrected chi connectivity index (χ2v) is 11.5. The van der Waals surface area contributed by atoms with E-state index in [4.69, 9.17) is 39.5 Å². The number of sulfonamides is 1. The van der Waals surface area contributed by atoms with Crippen molar-refractivity contribution in [1.29, 1.82) is 0 Å². The van der Waals surface area contributed by atoms with Crippen molar-refractivity contribution >= 4 is 83.5 Å². The Morgan fingerprint density at radius 3 is 2.32 bits per heavy atom. The van der Waals surface area contributed by atoms with Gasteiger partial charge in [-0.1, -0.05) is 34.8 Å². The van der Waals surface area contributed by atoms with Crippen LogP contribution in [0.1, 0.15) is 9.67 Å². The predicted molar refractivity (Wildman–Crippen MR) is 140 cm³/mol. The molecule has 0 bridgehead atoms. The third-order valence-corrected chi connectivity index (χ3v) is 8.62. The lowest BCUT2D eigenvalue weighted by atomic mass is 10.2. The molecule has 11 heteroatoms. The molecule has 0 spiro atoms. The fraction of sp³-hybridized carbons (Fsp3) is 0.0870. The predicted octanol–water partition coefficient (Wildman–Crippen LogP) is 6.95. The maximum atomic E-state index is 13.1. The second kappa shape index (κ2) is 9.64. The number of nitrogens with zero attached hydrogens (tertiary/aromatic N) is 1. The van der Waals surface area contributed by atoms with Crippen LogP contribution in [0.15, 0.2) is 65.6 Å². The number of fused-ring (bicyclic) bond motifs is 1. The van der Waals surface area contributed by atoms with Gasteiger partial charge in [-0.3, -0.25) is 9.10 Å². The molecule has 1 aromatic heterocycles. The van der Waals surface area contributed by atoms with Crippen LogP contribution in [0, 0.1) is 0 Å². The molecule has 0 saturated heterocycles. The number of anilines is 2. The highest BCUT2D eigenvalue weighted by Gasteiger charge is 2.23.